The SMILES string of the molecule is CC(=O)c1ccc(NC(=O)C2CCCN(S(=O)(=O)c3c(C)noc3/C=C/c3ccccc3)C2)cc1. The summed E-state index contributed by atoms with van der Waals surface area (Å²) in [5, 5.41) is 6.72. The maximum absolute atomic E-state index is 13.6. The molecule has 1 atom stereocenters. The summed E-state index contributed by atoms with van der Waals surface area (Å²) in [4.78, 5) is 24.4. The van der Waals surface area contributed by atoms with E-state index in [-0.39, 0.29) is 34.6 Å². The summed E-state index contributed by atoms with van der Waals surface area (Å²) in [7, 11) is -3.93. The number of carbonyl (C=O) groups excluding carboxylic acids is 2. The molecule has 2 aromatic carbocycles. The summed E-state index contributed by atoms with van der Waals surface area (Å²) in [5.74, 6) is -0.664. The Bertz CT molecular complexity index is 1350. The largest absolute Gasteiger partial charge is 0.355 e. The zero-order valence-corrected chi connectivity index (χ0v) is 20.4. The Balaban J connectivity index is 1.50. The number of nitrogens with one attached hydrogen (secondary N) is 1. The molecule has 9 heteroatoms. The van der Waals surface area contributed by atoms with Crippen LogP contribution in [0.2, 0.25) is 0 Å². The van der Waals surface area contributed by atoms with Crippen LogP contribution in [-0.2, 0) is 14.8 Å². The number of hydrogen-bond acceptors (Lipinski definition) is 6. The zero-order valence-electron chi connectivity index (χ0n) is 19.6. The maximum Gasteiger partial charge on any atom is 0.248 e. The molecule has 0 bridgehead atoms. The van der Waals surface area contributed by atoms with Crippen molar-refractivity contribution < 1.29 is 22.5 Å². The molecule has 1 fully saturated rings. The van der Waals surface area contributed by atoms with Gasteiger partial charge < -0.3 is 9.84 Å². The van der Waals surface area contributed by atoms with E-state index in [9.17, 15) is 18.0 Å². The fourth-order valence-corrected chi connectivity index (χ4v) is 5.85. The minimum absolute atomic E-state index is 0.0190. The van der Waals surface area contributed by atoms with Crippen LogP contribution in [0.5, 0.6) is 0 Å². The molecule has 1 saturated heterocycles. The zero-order chi connectivity index (χ0) is 25.0. The van der Waals surface area contributed by atoms with Gasteiger partial charge in [-0.25, -0.2) is 8.42 Å². The molecular formula is C26H27N3O5S. The molecule has 4 rings (SSSR count). The molecule has 0 spiro atoms. The molecule has 1 aliphatic rings. The number of carbonyl (C=O) groups is 2. The van der Waals surface area contributed by atoms with Crippen molar-refractivity contribution in [3.63, 3.8) is 0 Å². The van der Waals surface area contributed by atoms with Gasteiger partial charge in [0.1, 0.15) is 5.69 Å². The van der Waals surface area contributed by atoms with Crippen LogP contribution in [0.25, 0.3) is 12.2 Å². The van der Waals surface area contributed by atoms with Crippen molar-refractivity contribution >= 4 is 39.6 Å². The number of Topliss-reactive ketones (excluding diaryl/α,β-unsaturated/α-hetero) is 1. The molecule has 35 heavy (non-hydrogen) atoms. The first-order chi connectivity index (χ1) is 16.8. The van der Waals surface area contributed by atoms with Gasteiger partial charge in [-0.15, -0.1) is 0 Å². The Kier molecular flexibility index (Phi) is 7.28. The van der Waals surface area contributed by atoms with Crippen molar-refractivity contribution in [2.45, 2.75) is 31.6 Å². The molecule has 1 amide bonds. The molecular weight excluding hydrogens is 466 g/mol. The highest BCUT2D eigenvalue weighted by Crippen LogP contribution is 2.29. The Morgan fingerprint density at radius 3 is 2.49 bits per heavy atom. The normalized spacial score (nSPS) is 16.9. The standard InChI is InChI=1S/C26H27N3O5S/c1-18-25(24(34-28-18)15-10-20-7-4-3-5-8-20)35(32,33)29-16-6-9-22(17-29)26(31)27-23-13-11-21(12-14-23)19(2)30/h3-5,7-8,10-15,22H,6,9,16-17H2,1-2H3,(H,27,31)/b15-10+. The highest BCUT2D eigenvalue weighted by atomic mass is 32.2. The number of piperidine rings is 1. The Labute approximate surface area is 204 Å². The molecule has 1 aromatic heterocycles. The van der Waals surface area contributed by atoms with Crippen molar-refractivity contribution in [3.8, 4) is 0 Å². The lowest BCUT2D eigenvalue weighted by Gasteiger charge is -2.31. The lowest BCUT2D eigenvalue weighted by molar-refractivity contribution is -0.120. The molecule has 2 heterocycles. The van der Waals surface area contributed by atoms with Crippen molar-refractivity contribution in [1.29, 1.82) is 0 Å². The molecule has 182 valence electrons. The average molecular weight is 494 g/mol. The van der Waals surface area contributed by atoms with E-state index in [1.165, 1.54) is 11.2 Å². The molecule has 0 aliphatic carbocycles. The first kappa shape index (κ1) is 24.6. The van der Waals surface area contributed by atoms with Gasteiger partial charge in [-0.3, -0.25) is 9.59 Å². The Morgan fingerprint density at radius 1 is 1.09 bits per heavy atom. The second-order valence-corrected chi connectivity index (χ2v) is 10.4. The van der Waals surface area contributed by atoms with Gasteiger partial charge in [0, 0.05) is 24.3 Å². The van der Waals surface area contributed by atoms with Gasteiger partial charge in [-0.1, -0.05) is 41.6 Å². The van der Waals surface area contributed by atoms with Crippen LogP contribution < -0.4 is 5.32 Å². The minimum Gasteiger partial charge on any atom is -0.355 e. The van der Waals surface area contributed by atoms with Gasteiger partial charge in [0.2, 0.25) is 15.9 Å². The van der Waals surface area contributed by atoms with Crippen LogP contribution in [0.3, 0.4) is 0 Å². The predicted molar refractivity (Wildman–Crippen MR) is 133 cm³/mol. The second-order valence-electron chi connectivity index (χ2n) is 8.53. The van der Waals surface area contributed by atoms with Crippen LogP contribution in [0.15, 0.2) is 64.0 Å². The number of sulfonamides is 1. The van der Waals surface area contributed by atoms with E-state index < -0.39 is 15.9 Å². The van der Waals surface area contributed by atoms with Gasteiger partial charge >= 0.3 is 0 Å². The van der Waals surface area contributed by atoms with Gasteiger partial charge in [0.25, 0.3) is 0 Å². The van der Waals surface area contributed by atoms with Gasteiger partial charge in [-0.2, -0.15) is 4.31 Å². The number of ketones is 1. The van der Waals surface area contributed by atoms with Crippen LogP contribution in [0, 0.1) is 12.8 Å². The van der Waals surface area contributed by atoms with E-state index in [1.54, 1.807) is 43.3 Å². The molecule has 1 aliphatic heterocycles. The van der Waals surface area contributed by atoms with Crippen LogP contribution in [0.1, 0.15) is 47.1 Å². The third-order valence-corrected chi connectivity index (χ3v) is 8.00. The van der Waals surface area contributed by atoms with Crippen molar-refractivity contribution in [1.82, 2.24) is 9.46 Å². The molecule has 0 radical (unpaired) electrons. The second kappa shape index (κ2) is 10.4. The van der Waals surface area contributed by atoms with Crippen LogP contribution >= 0.6 is 0 Å². The van der Waals surface area contributed by atoms with Crippen molar-refractivity contribution in [2.75, 3.05) is 18.4 Å². The third kappa shape index (κ3) is 5.58. The number of rotatable bonds is 7. The lowest BCUT2D eigenvalue weighted by Crippen LogP contribution is -2.43. The lowest BCUT2D eigenvalue weighted by atomic mass is 9.98. The number of anilines is 1. The molecule has 8 nitrogen and oxygen atoms in total. The van der Waals surface area contributed by atoms with Crippen LogP contribution in [-0.4, -0.2) is 42.7 Å². The summed E-state index contributed by atoms with van der Waals surface area (Å²) < 4.78 is 33.8. The quantitative estimate of drug-likeness (QED) is 0.489. The third-order valence-electron chi connectivity index (χ3n) is 5.97. The fraction of sp³-hybridized carbons (Fsp3) is 0.269. The number of nitrogens with zero attached hydrogens (tertiary/aromatic N) is 2. The van der Waals surface area contributed by atoms with Gasteiger partial charge in [-0.05, 0) is 62.6 Å². The van der Waals surface area contributed by atoms with E-state index in [0.717, 1.165) is 5.56 Å². The number of hydrogen-bond donors (Lipinski definition) is 1. The number of benzene rings is 2. The summed E-state index contributed by atoms with van der Waals surface area (Å²) in [5.41, 5.74) is 2.29. The van der Waals surface area contributed by atoms with E-state index in [1.807, 2.05) is 30.3 Å². The number of aromatic nitrogens is 1. The Morgan fingerprint density at radius 2 is 1.80 bits per heavy atom. The summed E-state index contributed by atoms with van der Waals surface area (Å²) in [6.45, 7) is 3.44. The Hall–Kier alpha value is -3.56. The van der Waals surface area contributed by atoms with E-state index in [4.69, 9.17) is 4.52 Å². The molecule has 3 aromatic rings. The first-order valence-electron chi connectivity index (χ1n) is 11.4. The maximum atomic E-state index is 13.6. The molecule has 0 saturated carbocycles. The predicted octanol–water partition coefficient (Wildman–Crippen LogP) is 4.40. The smallest absolute Gasteiger partial charge is 0.248 e. The summed E-state index contributed by atoms with van der Waals surface area (Å²) in [6.07, 6.45) is 4.50. The highest BCUT2D eigenvalue weighted by molar-refractivity contribution is 7.89. The van der Waals surface area contributed by atoms with Gasteiger partial charge in [0.05, 0.1) is 5.92 Å². The van der Waals surface area contributed by atoms with Gasteiger partial charge in [0.15, 0.2) is 16.4 Å². The van der Waals surface area contributed by atoms with Crippen molar-refractivity contribution in [3.05, 3.63) is 77.2 Å². The highest BCUT2D eigenvalue weighted by Gasteiger charge is 2.37. The number of aryl methyl sites for hydroxylation is 1. The van der Waals surface area contributed by atoms with E-state index in [0.29, 0.717) is 30.6 Å². The fourth-order valence-electron chi connectivity index (χ4n) is 4.07. The number of amides is 1. The monoisotopic (exact) mass is 493 g/mol. The van der Waals surface area contributed by atoms with Crippen LogP contribution in [0.4, 0.5) is 5.69 Å². The van der Waals surface area contributed by atoms with Crippen molar-refractivity contribution in [2.24, 2.45) is 5.92 Å². The average Bonchev–Trinajstić information content (AvgIpc) is 3.25. The van der Waals surface area contributed by atoms with E-state index >= 15 is 0 Å². The summed E-state index contributed by atoms with van der Waals surface area (Å²) >= 11 is 0. The topological polar surface area (TPSA) is 110 Å². The minimum atomic E-state index is -3.93. The first-order valence-corrected chi connectivity index (χ1v) is 12.8. The van der Waals surface area contributed by atoms with E-state index in [2.05, 4.69) is 10.5 Å². The molecule has 1 unspecified atom stereocenters. The summed E-state index contributed by atoms with van der Waals surface area (Å²) in [6, 6.07) is 16.1. The molecule has 1 N–H and O–H groups in total.